The minimum Gasteiger partial charge on any atom is -0.497 e. The van der Waals surface area contributed by atoms with Gasteiger partial charge in [-0.05, 0) is 31.2 Å². The minimum absolute atomic E-state index is 0.164. The van der Waals surface area contributed by atoms with Crippen molar-refractivity contribution >= 4 is 0 Å². The highest BCUT2D eigenvalue weighted by molar-refractivity contribution is 5.30. The van der Waals surface area contributed by atoms with Crippen LogP contribution in [0.15, 0.2) is 24.3 Å². The Bertz CT molecular complexity index is 331. The van der Waals surface area contributed by atoms with Crippen molar-refractivity contribution in [3.8, 4) is 5.75 Å². The summed E-state index contributed by atoms with van der Waals surface area (Å²) in [5.74, 6) is 0.844. The zero-order chi connectivity index (χ0) is 12.7. The molecule has 0 fully saturated rings. The molecule has 0 aliphatic carbocycles. The average molecular weight is 238 g/mol. The van der Waals surface area contributed by atoms with Crippen molar-refractivity contribution < 1.29 is 9.84 Å². The summed E-state index contributed by atoms with van der Waals surface area (Å²) in [6.45, 7) is 1.59. The maximum absolute atomic E-state index is 8.84. The molecule has 0 heterocycles. The Morgan fingerprint density at radius 2 is 2.24 bits per heavy atom. The lowest BCUT2D eigenvalue weighted by atomic mass is 10.1. The van der Waals surface area contributed by atoms with Gasteiger partial charge in [-0.2, -0.15) is 0 Å². The molecular formula is C13H22N2O2. The van der Waals surface area contributed by atoms with Gasteiger partial charge in [0.15, 0.2) is 0 Å². The van der Waals surface area contributed by atoms with Gasteiger partial charge in [0.25, 0.3) is 0 Å². The number of benzene rings is 1. The van der Waals surface area contributed by atoms with E-state index < -0.39 is 0 Å². The second-order valence-corrected chi connectivity index (χ2v) is 4.09. The molecule has 0 saturated carbocycles. The van der Waals surface area contributed by atoms with E-state index in [-0.39, 0.29) is 12.6 Å². The number of aliphatic hydroxyl groups excluding tert-OH is 1. The highest BCUT2D eigenvalue weighted by Crippen LogP contribution is 2.22. The summed E-state index contributed by atoms with van der Waals surface area (Å²) in [6.07, 6.45) is 0.761. The first kappa shape index (κ1) is 14.0. The van der Waals surface area contributed by atoms with Crippen LogP contribution in [0, 0.1) is 0 Å². The van der Waals surface area contributed by atoms with Gasteiger partial charge >= 0.3 is 0 Å². The molecule has 0 aliphatic heterocycles. The quantitative estimate of drug-likeness (QED) is 0.744. The maximum Gasteiger partial charge on any atom is 0.119 e. The number of hydrogen-bond acceptors (Lipinski definition) is 4. The molecule has 1 atom stereocenters. The topological polar surface area (TPSA) is 58.7 Å². The van der Waals surface area contributed by atoms with E-state index in [1.54, 1.807) is 7.11 Å². The van der Waals surface area contributed by atoms with Crippen LogP contribution in [0.1, 0.15) is 18.0 Å². The Hall–Kier alpha value is -1.10. The smallest absolute Gasteiger partial charge is 0.119 e. The monoisotopic (exact) mass is 238 g/mol. The van der Waals surface area contributed by atoms with E-state index >= 15 is 0 Å². The molecule has 1 unspecified atom stereocenters. The number of nitrogens with zero attached hydrogens (tertiary/aromatic N) is 1. The molecular weight excluding hydrogens is 216 g/mol. The molecule has 1 aromatic carbocycles. The van der Waals surface area contributed by atoms with Gasteiger partial charge in [-0.3, -0.25) is 4.90 Å². The second kappa shape index (κ2) is 7.27. The van der Waals surface area contributed by atoms with Gasteiger partial charge in [0.1, 0.15) is 5.75 Å². The lowest BCUT2D eigenvalue weighted by molar-refractivity contribution is 0.210. The number of likely N-dealkylation sites (N-methyl/N-ethyl adjacent to an activating group) is 1. The third kappa shape index (κ3) is 4.00. The van der Waals surface area contributed by atoms with Crippen LogP contribution in [-0.2, 0) is 0 Å². The molecule has 4 nitrogen and oxygen atoms in total. The van der Waals surface area contributed by atoms with E-state index in [1.165, 1.54) is 0 Å². The summed E-state index contributed by atoms with van der Waals surface area (Å²) in [7, 11) is 3.68. The van der Waals surface area contributed by atoms with Crippen LogP contribution in [0.4, 0.5) is 0 Å². The highest BCUT2D eigenvalue weighted by Gasteiger charge is 2.15. The number of rotatable bonds is 7. The molecule has 0 amide bonds. The Labute approximate surface area is 103 Å². The van der Waals surface area contributed by atoms with E-state index in [0.717, 1.165) is 24.3 Å². The first-order valence-electron chi connectivity index (χ1n) is 5.88. The normalized spacial score (nSPS) is 12.8. The van der Waals surface area contributed by atoms with Crippen LogP contribution in [0.3, 0.4) is 0 Å². The number of aliphatic hydroxyl groups is 1. The highest BCUT2D eigenvalue weighted by atomic mass is 16.5. The van der Waals surface area contributed by atoms with E-state index in [4.69, 9.17) is 15.6 Å². The fourth-order valence-electron chi connectivity index (χ4n) is 1.90. The first-order valence-corrected chi connectivity index (χ1v) is 5.88. The van der Waals surface area contributed by atoms with Gasteiger partial charge in [-0.25, -0.2) is 0 Å². The number of ether oxygens (including phenoxy) is 1. The van der Waals surface area contributed by atoms with E-state index in [0.29, 0.717) is 6.54 Å². The van der Waals surface area contributed by atoms with Crippen LogP contribution in [0.25, 0.3) is 0 Å². The van der Waals surface area contributed by atoms with Crippen LogP contribution in [0.2, 0.25) is 0 Å². The van der Waals surface area contributed by atoms with Crippen molar-refractivity contribution in [1.29, 1.82) is 0 Å². The average Bonchev–Trinajstić information content (AvgIpc) is 2.37. The van der Waals surface area contributed by atoms with Crippen LogP contribution < -0.4 is 10.5 Å². The van der Waals surface area contributed by atoms with Crippen LogP contribution in [0.5, 0.6) is 5.75 Å². The predicted octanol–water partition coefficient (Wildman–Crippen LogP) is 1.01. The van der Waals surface area contributed by atoms with E-state index in [2.05, 4.69) is 11.0 Å². The van der Waals surface area contributed by atoms with Gasteiger partial charge in [0, 0.05) is 25.7 Å². The summed E-state index contributed by atoms with van der Waals surface area (Å²) in [4.78, 5) is 2.16. The summed E-state index contributed by atoms with van der Waals surface area (Å²) >= 11 is 0. The molecule has 0 spiro atoms. The molecule has 0 aliphatic rings. The van der Waals surface area contributed by atoms with E-state index in [9.17, 15) is 0 Å². The Morgan fingerprint density at radius 3 is 2.82 bits per heavy atom. The van der Waals surface area contributed by atoms with Gasteiger partial charge in [0.05, 0.1) is 7.11 Å². The summed E-state index contributed by atoms with van der Waals surface area (Å²) in [5, 5.41) is 8.84. The molecule has 96 valence electrons. The third-order valence-electron chi connectivity index (χ3n) is 2.90. The van der Waals surface area contributed by atoms with Crippen molar-refractivity contribution in [3.63, 3.8) is 0 Å². The molecule has 0 radical (unpaired) electrons. The fourth-order valence-corrected chi connectivity index (χ4v) is 1.90. The standard InChI is InChI=1S/C13H22N2O2/c1-15(7-4-8-16)13(10-14)11-5-3-6-12(9-11)17-2/h3,5-6,9,13,16H,4,7-8,10,14H2,1-2H3. The SMILES string of the molecule is COc1cccc(C(CN)N(C)CCCO)c1. The fraction of sp³-hybridized carbons (Fsp3) is 0.538. The van der Waals surface area contributed by atoms with Gasteiger partial charge in [-0.15, -0.1) is 0 Å². The molecule has 0 aromatic heterocycles. The molecule has 17 heavy (non-hydrogen) atoms. The van der Waals surface area contributed by atoms with Gasteiger partial charge < -0.3 is 15.6 Å². The van der Waals surface area contributed by atoms with Gasteiger partial charge in [-0.1, -0.05) is 12.1 Å². The number of nitrogens with two attached hydrogens (primary N) is 1. The molecule has 0 saturated heterocycles. The lowest BCUT2D eigenvalue weighted by Gasteiger charge is -2.27. The molecule has 0 bridgehead atoms. The second-order valence-electron chi connectivity index (χ2n) is 4.09. The van der Waals surface area contributed by atoms with E-state index in [1.807, 2.05) is 25.2 Å². The predicted molar refractivity (Wildman–Crippen MR) is 69.1 cm³/mol. The van der Waals surface area contributed by atoms with Crippen molar-refractivity contribution in [3.05, 3.63) is 29.8 Å². The van der Waals surface area contributed by atoms with Crippen molar-refractivity contribution in [2.24, 2.45) is 5.73 Å². The molecule has 3 N–H and O–H groups in total. The number of methoxy groups -OCH3 is 1. The summed E-state index contributed by atoms with van der Waals surface area (Å²) in [6, 6.07) is 8.11. The van der Waals surface area contributed by atoms with Crippen molar-refractivity contribution in [2.45, 2.75) is 12.5 Å². The first-order chi connectivity index (χ1) is 8.22. The number of hydrogen-bond donors (Lipinski definition) is 2. The maximum atomic E-state index is 8.84. The lowest BCUT2D eigenvalue weighted by Crippen LogP contribution is -2.31. The van der Waals surface area contributed by atoms with Crippen molar-refractivity contribution in [1.82, 2.24) is 4.90 Å². The Balaban J connectivity index is 2.77. The molecule has 1 rings (SSSR count). The zero-order valence-electron chi connectivity index (χ0n) is 10.6. The zero-order valence-corrected chi connectivity index (χ0v) is 10.6. The van der Waals surface area contributed by atoms with Crippen LogP contribution in [-0.4, -0.2) is 43.9 Å². The Morgan fingerprint density at radius 1 is 1.47 bits per heavy atom. The van der Waals surface area contributed by atoms with Crippen LogP contribution >= 0.6 is 0 Å². The van der Waals surface area contributed by atoms with Crippen molar-refractivity contribution in [2.75, 3.05) is 33.9 Å². The third-order valence-corrected chi connectivity index (χ3v) is 2.90. The Kier molecular flexibility index (Phi) is 5.97. The minimum atomic E-state index is 0.164. The van der Waals surface area contributed by atoms with Gasteiger partial charge in [0.2, 0.25) is 0 Å². The summed E-state index contributed by atoms with van der Waals surface area (Å²) in [5.41, 5.74) is 6.97. The summed E-state index contributed by atoms with van der Waals surface area (Å²) < 4.78 is 5.21. The largest absolute Gasteiger partial charge is 0.497 e. The molecule has 4 heteroatoms. The molecule has 1 aromatic rings.